The van der Waals surface area contributed by atoms with E-state index in [4.69, 9.17) is 21.8 Å². The minimum atomic E-state index is -0.524. The molecule has 1 atom stereocenters. The lowest BCUT2D eigenvalue weighted by molar-refractivity contribution is -0.134. The Morgan fingerprint density at radius 1 is 1.06 bits per heavy atom. The molecule has 4 aromatic rings. The topological polar surface area (TPSA) is 132 Å². The predicted octanol–water partition coefficient (Wildman–Crippen LogP) is 3.06. The molecular formula is C23H18ClN7O3. The summed E-state index contributed by atoms with van der Waals surface area (Å²) in [5, 5.41) is 18.9. The van der Waals surface area contributed by atoms with Gasteiger partial charge in [-0.25, -0.2) is 5.01 Å². The minimum Gasteiger partial charge on any atom is -0.467 e. The number of nitrogens with zero attached hydrogens (tertiary/aromatic N) is 6. The lowest BCUT2D eigenvalue weighted by atomic mass is 10.0. The van der Waals surface area contributed by atoms with E-state index in [1.165, 1.54) is 9.81 Å². The number of halogens is 1. The summed E-state index contributed by atoms with van der Waals surface area (Å²) in [6, 6.07) is 17.0. The zero-order valence-corrected chi connectivity index (χ0v) is 18.5. The molecule has 0 unspecified atom stereocenters. The number of furan rings is 1. The van der Waals surface area contributed by atoms with Gasteiger partial charge in [0.25, 0.3) is 5.91 Å². The number of hydrogen-bond acceptors (Lipinski definition) is 7. The van der Waals surface area contributed by atoms with Crippen LogP contribution in [0.4, 0.5) is 0 Å². The van der Waals surface area contributed by atoms with Crippen LogP contribution < -0.4 is 5.73 Å². The number of benzene rings is 2. The molecule has 2 aromatic carbocycles. The Morgan fingerprint density at radius 2 is 1.79 bits per heavy atom. The van der Waals surface area contributed by atoms with E-state index in [0.29, 0.717) is 34.2 Å². The SMILES string of the molecule is NC(=O)c1ccc(-c2nnn(CC(=O)N3N=C(c4ccc(Cl)cc4)C[C@@H]3c3ccco3)n2)cc1. The maximum atomic E-state index is 13.2. The number of carbonyl (C=O) groups is 2. The predicted molar refractivity (Wildman–Crippen MR) is 123 cm³/mol. The van der Waals surface area contributed by atoms with Crippen molar-refractivity contribution in [3.8, 4) is 11.4 Å². The van der Waals surface area contributed by atoms with Crippen LogP contribution >= 0.6 is 11.6 Å². The van der Waals surface area contributed by atoms with Crippen LogP contribution in [0.1, 0.15) is 34.1 Å². The number of primary amides is 1. The van der Waals surface area contributed by atoms with Gasteiger partial charge < -0.3 is 10.2 Å². The summed E-state index contributed by atoms with van der Waals surface area (Å²) >= 11 is 6.00. The molecule has 10 nitrogen and oxygen atoms in total. The highest BCUT2D eigenvalue weighted by Gasteiger charge is 2.35. The second-order valence-electron chi connectivity index (χ2n) is 7.61. The van der Waals surface area contributed by atoms with Crippen LogP contribution in [-0.2, 0) is 11.3 Å². The first-order chi connectivity index (χ1) is 16.5. The number of tetrazole rings is 1. The maximum Gasteiger partial charge on any atom is 0.267 e. The summed E-state index contributed by atoms with van der Waals surface area (Å²) in [6.45, 7) is -0.166. The van der Waals surface area contributed by atoms with Crippen LogP contribution in [0, 0.1) is 0 Å². The van der Waals surface area contributed by atoms with E-state index >= 15 is 0 Å². The fraction of sp³-hybridized carbons (Fsp3) is 0.130. The van der Waals surface area contributed by atoms with Crippen molar-refractivity contribution in [3.63, 3.8) is 0 Å². The van der Waals surface area contributed by atoms with Gasteiger partial charge in [-0.05, 0) is 47.2 Å². The molecule has 2 N–H and O–H groups in total. The number of amides is 2. The lowest BCUT2D eigenvalue weighted by Crippen LogP contribution is -2.31. The van der Waals surface area contributed by atoms with Crippen molar-refractivity contribution in [1.82, 2.24) is 25.2 Å². The van der Waals surface area contributed by atoms with Crippen molar-refractivity contribution >= 4 is 29.1 Å². The van der Waals surface area contributed by atoms with Gasteiger partial charge in [0, 0.05) is 22.6 Å². The molecule has 170 valence electrons. The van der Waals surface area contributed by atoms with Gasteiger partial charge >= 0.3 is 0 Å². The molecule has 11 heteroatoms. The summed E-state index contributed by atoms with van der Waals surface area (Å²) < 4.78 is 5.57. The van der Waals surface area contributed by atoms with Crippen LogP contribution in [0.5, 0.6) is 0 Å². The monoisotopic (exact) mass is 475 g/mol. The van der Waals surface area contributed by atoms with Crippen molar-refractivity contribution in [2.75, 3.05) is 0 Å². The molecule has 0 aliphatic carbocycles. The molecule has 0 bridgehead atoms. The van der Waals surface area contributed by atoms with Crippen molar-refractivity contribution in [3.05, 3.63) is 88.8 Å². The Kier molecular flexibility index (Phi) is 5.64. The van der Waals surface area contributed by atoms with Gasteiger partial charge in [-0.2, -0.15) is 9.90 Å². The summed E-state index contributed by atoms with van der Waals surface area (Å²) in [5.74, 6) is 0.100. The highest BCUT2D eigenvalue weighted by Crippen LogP contribution is 2.33. The first kappa shape index (κ1) is 21.5. The molecule has 0 radical (unpaired) electrons. The Hall–Kier alpha value is -4.31. The van der Waals surface area contributed by atoms with E-state index < -0.39 is 11.9 Å². The molecule has 0 saturated heterocycles. The number of rotatable bonds is 6. The fourth-order valence-electron chi connectivity index (χ4n) is 3.66. The number of hydrogen-bond donors (Lipinski definition) is 1. The summed E-state index contributed by atoms with van der Waals surface area (Å²) in [6.07, 6.45) is 2.05. The lowest BCUT2D eigenvalue weighted by Gasteiger charge is -2.19. The van der Waals surface area contributed by atoms with E-state index in [1.807, 2.05) is 18.2 Å². The van der Waals surface area contributed by atoms with Gasteiger partial charge in [0.1, 0.15) is 18.3 Å². The van der Waals surface area contributed by atoms with Crippen LogP contribution in [0.3, 0.4) is 0 Å². The quantitative estimate of drug-likeness (QED) is 0.455. The van der Waals surface area contributed by atoms with Gasteiger partial charge in [-0.15, -0.1) is 10.2 Å². The summed E-state index contributed by atoms with van der Waals surface area (Å²) in [4.78, 5) is 25.6. The average molecular weight is 476 g/mol. The van der Waals surface area contributed by atoms with Crippen molar-refractivity contribution in [1.29, 1.82) is 0 Å². The van der Waals surface area contributed by atoms with E-state index in [0.717, 1.165) is 11.3 Å². The van der Waals surface area contributed by atoms with Crippen molar-refractivity contribution in [2.24, 2.45) is 10.8 Å². The Balaban J connectivity index is 1.37. The number of carbonyl (C=O) groups excluding carboxylic acids is 2. The average Bonchev–Trinajstić information content (AvgIpc) is 3.60. The van der Waals surface area contributed by atoms with Gasteiger partial charge in [0.15, 0.2) is 0 Å². The summed E-state index contributed by atoms with van der Waals surface area (Å²) in [7, 11) is 0. The zero-order valence-electron chi connectivity index (χ0n) is 17.7. The zero-order chi connectivity index (χ0) is 23.7. The normalized spacial score (nSPS) is 15.4. The Labute approximate surface area is 198 Å². The second kappa shape index (κ2) is 8.91. The molecule has 5 rings (SSSR count). The van der Waals surface area contributed by atoms with Crippen LogP contribution in [-0.4, -0.2) is 42.7 Å². The van der Waals surface area contributed by atoms with Crippen molar-refractivity contribution in [2.45, 2.75) is 19.0 Å². The van der Waals surface area contributed by atoms with Gasteiger partial charge in [-0.3, -0.25) is 9.59 Å². The number of aromatic nitrogens is 4. The molecular weight excluding hydrogens is 458 g/mol. The molecule has 3 heterocycles. The molecule has 0 saturated carbocycles. The van der Waals surface area contributed by atoms with Crippen molar-refractivity contribution < 1.29 is 14.0 Å². The van der Waals surface area contributed by atoms with Crippen LogP contribution in [0.2, 0.25) is 5.02 Å². The van der Waals surface area contributed by atoms with E-state index in [1.54, 1.807) is 48.7 Å². The standard InChI is InChI=1S/C23H18ClN7O3/c24-17-9-7-14(8-10-17)18-12-19(20-2-1-11-34-20)31(27-18)21(32)13-30-28-23(26-29-30)16-5-3-15(4-6-16)22(25)33/h1-11,19H,12-13H2,(H2,25,33)/t19-/m1/s1. The van der Waals surface area contributed by atoms with Crippen LogP contribution in [0.15, 0.2) is 76.4 Å². The molecule has 1 aliphatic heterocycles. The Bertz CT molecular complexity index is 1360. The first-order valence-corrected chi connectivity index (χ1v) is 10.7. The molecule has 0 spiro atoms. The minimum absolute atomic E-state index is 0.166. The smallest absolute Gasteiger partial charge is 0.267 e. The van der Waals surface area contributed by atoms with Gasteiger partial charge in [-0.1, -0.05) is 35.9 Å². The Morgan fingerprint density at radius 3 is 2.47 bits per heavy atom. The summed E-state index contributed by atoms with van der Waals surface area (Å²) in [5.41, 5.74) is 7.90. The molecule has 2 amide bonds. The first-order valence-electron chi connectivity index (χ1n) is 10.3. The molecule has 0 fully saturated rings. The van der Waals surface area contributed by atoms with Gasteiger partial charge in [0.05, 0.1) is 12.0 Å². The van der Waals surface area contributed by atoms with E-state index in [-0.39, 0.29) is 12.5 Å². The second-order valence-corrected chi connectivity index (χ2v) is 8.05. The third-order valence-electron chi connectivity index (χ3n) is 5.37. The highest BCUT2D eigenvalue weighted by atomic mass is 35.5. The highest BCUT2D eigenvalue weighted by molar-refractivity contribution is 6.30. The molecule has 2 aromatic heterocycles. The van der Waals surface area contributed by atoms with Gasteiger partial charge in [0.2, 0.25) is 11.7 Å². The molecule has 34 heavy (non-hydrogen) atoms. The van der Waals surface area contributed by atoms with E-state index in [9.17, 15) is 9.59 Å². The van der Waals surface area contributed by atoms with Crippen LogP contribution in [0.25, 0.3) is 11.4 Å². The fourth-order valence-corrected chi connectivity index (χ4v) is 3.79. The largest absolute Gasteiger partial charge is 0.467 e. The van der Waals surface area contributed by atoms with E-state index in [2.05, 4.69) is 20.5 Å². The number of hydrazone groups is 1. The third-order valence-corrected chi connectivity index (χ3v) is 5.62. The third kappa shape index (κ3) is 4.30. The number of nitrogens with two attached hydrogens (primary N) is 1. The maximum absolute atomic E-state index is 13.2. The molecule has 1 aliphatic rings.